The molecule has 0 radical (unpaired) electrons. The van der Waals surface area contributed by atoms with Gasteiger partial charge in [0.1, 0.15) is 10.9 Å². The van der Waals surface area contributed by atoms with E-state index < -0.39 is 25.4 Å². The monoisotopic (exact) mass is 366 g/mol. The van der Waals surface area contributed by atoms with Crippen LogP contribution in [-0.4, -0.2) is 36.2 Å². The number of aliphatic hydroxyl groups excluding tert-OH is 1. The summed E-state index contributed by atoms with van der Waals surface area (Å²) in [5.74, 6) is 0.289. The molecule has 0 unspecified atom stereocenters. The molecule has 120 valence electrons. The van der Waals surface area contributed by atoms with Crippen LogP contribution in [0.2, 0.25) is 18.1 Å². The van der Waals surface area contributed by atoms with Crippen LogP contribution in [0.1, 0.15) is 48.0 Å². The molecule has 3 nitrogen and oxygen atoms in total. The minimum atomic E-state index is -1.97. The van der Waals surface area contributed by atoms with Crippen molar-refractivity contribution in [1.29, 1.82) is 0 Å². The lowest BCUT2D eigenvalue weighted by Gasteiger charge is -2.38. The van der Waals surface area contributed by atoms with Crippen LogP contribution < -0.4 is 0 Å². The van der Waals surface area contributed by atoms with Crippen molar-refractivity contribution in [3.8, 4) is 0 Å². The third kappa shape index (κ3) is 5.96. The number of hydrogen-bond donors (Lipinski definition) is 1. The Morgan fingerprint density at radius 1 is 1.25 bits per heavy atom. The molecule has 0 spiro atoms. The number of rotatable bonds is 7. The molecule has 5 heteroatoms. The summed E-state index contributed by atoms with van der Waals surface area (Å²) in [5.41, 5.74) is 0. The predicted octanol–water partition coefficient (Wildman–Crippen LogP) is 4.14. The summed E-state index contributed by atoms with van der Waals surface area (Å²) in [7, 11) is -1.97. The van der Waals surface area contributed by atoms with Gasteiger partial charge >= 0.3 is 0 Å². The Labute approximate surface area is 133 Å². The first kappa shape index (κ1) is 20.3. The lowest BCUT2D eigenvalue weighted by molar-refractivity contribution is -0.126. The number of Topliss-reactive ketones (excluding diaryl/α,β-unsaturated/α-hetero) is 1. The number of carbonyl (C=O) groups is 1. The maximum atomic E-state index is 12.4. The van der Waals surface area contributed by atoms with Crippen LogP contribution in [-0.2, 0) is 9.22 Å². The fourth-order valence-corrected chi connectivity index (χ4v) is 3.63. The molecule has 1 N–H and O–H groups in total. The zero-order chi connectivity index (χ0) is 16.3. The first-order valence-corrected chi connectivity index (χ1v) is 11.2. The summed E-state index contributed by atoms with van der Waals surface area (Å²) >= 11 is 3.33. The average Bonchev–Trinajstić information content (AvgIpc) is 2.23. The molecule has 0 saturated carbocycles. The highest BCUT2D eigenvalue weighted by atomic mass is 79.9. The molecule has 0 heterocycles. The van der Waals surface area contributed by atoms with E-state index in [-0.39, 0.29) is 10.8 Å². The van der Waals surface area contributed by atoms with Crippen LogP contribution in [0, 0.1) is 5.92 Å². The number of halogens is 1. The van der Waals surface area contributed by atoms with E-state index in [1.807, 2.05) is 13.8 Å². The number of carbonyl (C=O) groups excluding carboxylic acids is 1. The molecule has 0 aromatic heterocycles. The van der Waals surface area contributed by atoms with Crippen LogP contribution >= 0.6 is 15.9 Å². The highest BCUT2D eigenvalue weighted by molar-refractivity contribution is 9.10. The molecule has 0 aliphatic heterocycles. The average molecular weight is 367 g/mol. The van der Waals surface area contributed by atoms with Crippen molar-refractivity contribution >= 4 is 30.0 Å². The first-order valence-electron chi connectivity index (χ1n) is 7.33. The normalized spacial score (nSPS) is 17.9. The lowest BCUT2D eigenvalue weighted by atomic mass is 10.0. The fourth-order valence-electron chi connectivity index (χ4n) is 1.69. The topological polar surface area (TPSA) is 46.5 Å². The standard InChI is InChI=1S/C15H31BrO3Si/c1-10(2)9-12(17)13(16)14(18)11(3)19-20(7,8)15(4,5)6/h10-13,17H,9H2,1-8H3/t11-,12-,13+/m0/s1. The molecule has 0 aromatic rings. The lowest BCUT2D eigenvalue weighted by Crippen LogP contribution is -2.47. The van der Waals surface area contributed by atoms with Gasteiger partial charge in [-0.2, -0.15) is 0 Å². The van der Waals surface area contributed by atoms with E-state index >= 15 is 0 Å². The molecule has 0 rings (SSSR count). The molecule has 0 aromatic carbocycles. The van der Waals surface area contributed by atoms with Crippen molar-refractivity contribution in [2.45, 2.75) is 83.1 Å². The second-order valence-electron chi connectivity index (χ2n) is 7.52. The molecule has 0 fully saturated rings. The SMILES string of the molecule is CC(C)C[C@H](O)[C@@H](Br)C(=O)[C@H](C)O[Si](C)(C)C(C)(C)C. The van der Waals surface area contributed by atoms with Crippen LogP contribution in [0.15, 0.2) is 0 Å². The van der Waals surface area contributed by atoms with Gasteiger partial charge in [0.25, 0.3) is 0 Å². The van der Waals surface area contributed by atoms with Crippen LogP contribution in [0.3, 0.4) is 0 Å². The maximum absolute atomic E-state index is 12.4. The van der Waals surface area contributed by atoms with Gasteiger partial charge < -0.3 is 9.53 Å². The van der Waals surface area contributed by atoms with Gasteiger partial charge in [0.2, 0.25) is 0 Å². The zero-order valence-corrected chi connectivity index (χ0v) is 16.7. The van der Waals surface area contributed by atoms with Crippen molar-refractivity contribution in [1.82, 2.24) is 0 Å². The molecule has 0 amide bonds. The van der Waals surface area contributed by atoms with Gasteiger partial charge in [-0.15, -0.1) is 0 Å². The van der Waals surface area contributed by atoms with Gasteiger partial charge in [-0.1, -0.05) is 50.5 Å². The number of alkyl halides is 1. The van der Waals surface area contributed by atoms with Crippen molar-refractivity contribution in [3.05, 3.63) is 0 Å². The highest BCUT2D eigenvalue weighted by Gasteiger charge is 2.40. The first-order chi connectivity index (χ1) is 8.79. The zero-order valence-electron chi connectivity index (χ0n) is 14.2. The summed E-state index contributed by atoms with van der Waals surface area (Å²) in [6.45, 7) is 16.6. The van der Waals surface area contributed by atoms with E-state index in [2.05, 4.69) is 49.8 Å². The van der Waals surface area contributed by atoms with Gasteiger partial charge in [0.05, 0.1) is 6.10 Å². The van der Waals surface area contributed by atoms with Crippen molar-refractivity contribution in [2.24, 2.45) is 5.92 Å². The van der Waals surface area contributed by atoms with Gasteiger partial charge in [0, 0.05) is 0 Å². The Kier molecular flexibility index (Phi) is 7.63. The second-order valence-corrected chi connectivity index (χ2v) is 13.3. The van der Waals surface area contributed by atoms with Gasteiger partial charge in [-0.05, 0) is 37.4 Å². The number of hydrogen-bond acceptors (Lipinski definition) is 3. The third-order valence-electron chi connectivity index (χ3n) is 4.00. The van der Waals surface area contributed by atoms with E-state index in [0.717, 1.165) is 0 Å². The largest absolute Gasteiger partial charge is 0.407 e. The molecule has 0 saturated heterocycles. The molecular weight excluding hydrogens is 336 g/mol. The van der Waals surface area contributed by atoms with Crippen molar-refractivity contribution in [3.63, 3.8) is 0 Å². The summed E-state index contributed by atoms with van der Waals surface area (Å²) in [5, 5.41) is 10.1. The van der Waals surface area contributed by atoms with Crippen LogP contribution in [0.25, 0.3) is 0 Å². The fraction of sp³-hybridized carbons (Fsp3) is 0.933. The summed E-state index contributed by atoms with van der Waals surface area (Å²) in [6.07, 6.45) is -0.538. The van der Waals surface area contributed by atoms with E-state index in [1.54, 1.807) is 6.92 Å². The van der Waals surface area contributed by atoms with Gasteiger partial charge in [-0.3, -0.25) is 4.79 Å². The molecule has 0 aliphatic carbocycles. The summed E-state index contributed by atoms with van der Waals surface area (Å²) < 4.78 is 6.09. The van der Waals surface area contributed by atoms with E-state index in [0.29, 0.717) is 12.3 Å². The van der Waals surface area contributed by atoms with Crippen LogP contribution in [0.5, 0.6) is 0 Å². The molecular formula is C15H31BrO3Si. The maximum Gasteiger partial charge on any atom is 0.193 e. The minimum Gasteiger partial charge on any atom is -0.407 e. The Hall–Kier alpha value is 0.287. The van der Waals surface area contributed by atoms with Crippen molar-refractivity contribution < 1.29 is 14.3 Å². The highest BCUT2D eigenvalue weighted by Crippen LogP contribution is 2.37. The molecule has 0 bridgehead atoms. The molecule has 3 atom stereocenters. The number of aliphatic hydroxyl groups is 1. The van der Waals surface area contributed by atoms with Crippen LogP contribution in [0.4, 0.5) is 0 Å². The van der Waals surface area contributed by atoms with E-state index in [4.69, 9.17) is 4.43 Å². The minimum absolute atomic E-state index is 0.0667. The quantitative estimate of drug-likeness (QED) is 0.543. The summed E-state index contributed by atoms with van der Waals surface area (Å²) in [4.78, 5) is 11.8. The Morgan fingerprint density at radius 2 is 1.70 bits per heavy atom. The van der Waals surface area contributed by atoms with Gasteiger partial charge in [0.15, 0.2) is 14.1 Å². The predicted molar refractivity (Wildman–Crippen MR) is 90.9 cm³/mol. The summed E-state index contributed by atoms with van der Waals surface area (Å²) in [6, 6.07) is 0. The van der Waals surface area contributed by atoms with E-state index in [9.17, 15) is 9.90 Å². The second kappa shape index (κ2) is 7.52. The Balaban J connectivity index is 4.71. The number of ketones is 1. The van der Waals surface area contributed by atoms with Crippen molar-refractivity contribution in [2.75, 3.05) is 0 Å². The third-order valence-corrected chi connectivity index (χ3v) is 9.62. The van der Waals surface area contributed by atoms with E-state index in [1.165, 1.54) is 0 Å². The smallest absolute Gasteiger partial charge is 0.193 e. The molecule has 0 aliphatic rings. The Bertz CT molecular complexity index is 324. The Morgan fingerprint density at radius 3 is 2.05 bits per heavy atom. The molecule has 20 heavy (non-hydrogen) atoms. The van der Waals surface area contributed by atoms with Gasteiger partial charge in [-0.25, -0.2) is 0 Å².